The van der Waals surface area contributed by atoms with E-state index in [2.05, 4.69) is 14.5 Å². The lowest BCUT2D eigenvalue weighted by atomic mass is 9.85. The zero-order chi connectivity index (χ0) is 24.7. The van der Waals surface area contributed by atoms with Crippen molar-refractivity contribution < 1.29 is 19.4 Å². The van der Waals surface area contributed by atoms with Crippen molar-refractivity contribution in [3.05, 3.63) is 46.8 Å². The van der Waals surface area contributed by atoms with Crippen molar-refractivity contribution in [2.45, 2.75) is 64.0 Å². The summed E-state index contributed by atoms with van der Waals surface area (Å²) in [5.41, 5.74) is 4.36. The van der Waals surface area contributed by atoms with E-state index in [1.54, 1.807) is 11.1 Å². The number of methoxy groups -OCH3 is 1. The van der Waals surface area contributed by atoms with E-state index in [1.165, 1.54) is 13.3 Å². The second-order valence-electron chi connectivity index (χ2n) is 9.42. The summed E-state index contributed by atoms with van der Waals surface area (Å²) in [6.07, 6.45) is 7.80. The van der Waals surface area contributed by atoms with Crippen molar-refractivity contribution in [2.24, 2.45) is 5.92 Å². The predicted molar refractivity (Wildman–Crippen MR) is 131 cm³/mol. The highest BCUT2D eigenvalue weighted by Gasteiger charge is 2.34. The Morgan fingerprint density at radius 3 is 2.74 bits per heavy atom. The molecule has 1 aliphatic heterocycles. The molecule has 2 aliphatic rings. The second-order valence-corrected chi connectivity index (χ2v) is 9.81. The van der Waals surface area contributed by atoms with Crippen LogP contribution >= 0.6 is 11.6 Å². The normalized spacial score (nSPS) is 22.1. The molecule has 0 spiro atoms. The second kappa shape index (κ2) is 9.45. The molecule has 5 rings (SSSR count). The summed E-state index contributed by atoms with van der Waals surface area (Å²) in [4.78, 5) is 39.7. The molecule has 184 valence electrons. The van der Waals surface area contributed by atoms with Gasteiger partial charge in [0.15, 0.2) is 0 Å². The molecule has 35 heavy (non-hydrogen) atoms. The number of benzene rings is 1. The molecule has 0 saturated heterocycles. The molecule has 3 heterocycles. The summed E-state index contributed by atoms with van der Waals surface area (Å²) >= 11 is 5.93. The van der Waals surface area contributed by atoms with Gasteiger partial charge in [-0.05, 0) is 51.2 Å². The van der Waals surface area contributed by atoms with Crippen LogP contribution in [0, 0.1) is 5.92 Å². The number of ether oxygens (including phenoxy) is 1. The molecule has 10 heteroatoms. The summed E-state index contributed by atoms with van der Waals surface area (Å²) in [5, 5.41) is 10.0. The van der Waals surface area contributed by atoms with Crippen LogP contribution in [0.2, 0.25) is 5.15 Å². The van der Waals surface area contributed by atoms with Crippen molar-refractivity contribution in [1.82, 2.24) is 19.5 Å². The topological polar surface area (TPSA) is 110 Å². The number of carbonyl (C=O) groups excluding carboxylic acids is 1. The molecule has 1 aliphatic carbocycles. The Hall–Kier alpha value is -3.20. The number of fused-ring (bicyclic) bond motifs is 3. The summed E-state index contributed by atoms with van der Waals surface area (Å²) in [6.45, 7) is 2.02. The van der Waals surface area contributed by atoms with Gasteiger partial charge in [-0.2, -0.15) is 0 Å². The number of carbonyl (C=O) groups is 2. The number of nitrogens with zero attached hydrogens (tertiary/aromatic N) is 5. The first-order valence-electron chi connectivity index (χ1n) is 12.0. The maximum Gasteiger partial charge on any atom is 0.414 e. The third kappa shape index (κ3) is 4.33. The van der Waals surface area contributed by atoms with Gasteiger partial charge in [0.25, 0.3) is 0 Å². The number of aryl methyl sites for hydroxylation is 1. The maximum absolute atomic E-state index is 12.6. The minimum Gasteiger partial charge on any atom is -0.481 e. The third-order valence-electron chi connectivity index (χ3n) is 7.27. The molecule has 0 bridgehead atoms. The summed E-state index contributed by atoms with van der Waals surface area (Å²) < 4.78 is 7.25. The molecule has 1 aromatic carbocycles. The molecule has 1 amide bonds. The van der Waals surface area contributed by atoms with Crippen LogP contribution in [0.25, 0.3) is 11.0 Å². The Bertz CT molecular complexity index is 1280. The van der Waals surface area contributed by atoms with Crippen LogP contribution in [-0.4, -0.2) is 49.8 Å². The van der Waals surface area contributed by atoms with Crippen molar-refractivity contribution >= 4 is 40.4 Å². The van der Waals surface area contributed by atoms with Crippen LogP contribution in [0.15, 0.2) is 24.5 Å². The van der Waals surface area contributed by atoms with E-state index in [-0.39, 0.29) is 24.1 Å². The van der Waals surface area contributed by atoms with Crippen molar-refractivity contribution in [3.63, 3.8) is 0 Å². The lowest BCUT2D eigenvalue weighted by Crippen LogP contribution is -2.42. The largest absolute Gasteiger partial charge is 0.481 e. The van der Waals surface area contributed by atoms with Gasteiger partial charge in [-0.15, -0.1) is 0 Å². The Morgan fingerprint density at radius 1 is 1.20 bits per heavy atom. The van der Waals surface area contributed by atoms with Crippen molar-refractivity contribution in [3.8, 4) is 0 Å². The summed E-state index contributed by atoms with van der Waals surface area (Å²) in [6, 6.07) is 4.00. The van der Waals surface area contributed by atoms with Gasteiger partial charge in [0.05, 0.1) is 47.8 Å². The average molecular weight is 498 g/mol. The Kier molecular flexibility index (Phi) is 6.35. The van der Waals surface area contributed by atoms with Gasteiger partial charge in [-0.3, -0.25) is 14.7 Å². The van der Waals surface area contributed by atoms with Gasteiger partial charge in [0, 0.05) is 24.1 Å². The number of hydrogen-bond donors (Lipinski definition) is 1. The molecule has 1 unspecified atom stereocenters. The smallest absolute Gasteiger partial charge is 0.414 e. The standard InChI is InChI=1S/C25H28ClN5O4/c1-14-6-7-18-19(30(14)25(34)35-2)8-9-20-23(18)29-22(11-16-12-28-21(26)13-27-16)31(20)17-5-3-4-15(10-17)24(32)33/h8-9,12-15,17H,3-7,10-11H2,1-2H3,(H,32,33)/t14?,15-,17-/m1/s1. The molecule has 3 atom stereocenters. The summed E-state index contributed by atoms with van der Waals surface area (Å²) in [7, 11) is 1.39. The van der Waals surface area contributed by atoms with Crippen LogP contribution in [0.5, 0.6) is 0 Å². The number of hydrogen-bond acceptors (Lipinski definition) is 6. The quantitative estimate of drug-likeness (QED) is 0.551. The highest BCUT2D eigenvalue weighted by atomic mass is 35.5. The number of aliphatic carboxylic acids is 1. The fourth-order valence-electron chi connectivity index (χ4n) is 5.57. The zero-order valence-corrected chi connectivity index (χ0v) is 20.5. The number of rotatable bonds is 4. The van der Waals surface area contributed by atoms with Crippen LogP contribution in [0.3, 0.4) is 0 Å². The first-order chi connectivity index (χ1) is 16.9. The Labute approximate surface area is 208 Å². The highest BCUT2D eigenvalue weighted by molar-refractivity contribution is 6.29. The maximum atomic E-state index is 12.6. The van der Waals surface area contributed by atoms with Gasteiger partial charge >= 0.3 is 12.1 Å². The molecular formula is C25H28ClN5O4. The number of halogens is 1. The van der Waals surface area contributed by atoms with Crippen molar-refractivity contribution in [2.75, 3.05) is 12.0 Å². The van der Waals surface area contributed by atoms with Gasteiger partial charge in [-0.25, -0.2) is 14.8 Å². The molecular weight excluding hydrogens is 470 g/mol. The SMILES string of the molecule is COC(=O)N1c2ccc3c(nc(Cc4cnc(Cl)cn4)n3[C@@H]3CCC[C@@H](C(=O)O)C3)c2CCC1C. The molecule has 2 aromatic heterocycles. The van der Waals surface area contributed by atoms with E-state index >= 15 is 0 Å². The van der Waals surface area contributed by atoms with E-state index in [1.807, 2.05) is 19.1 Å². The van der Waals surface area contributed by atoms with E-state index in [0.717, 1.165) is 59.5 Å². The monoisotopic (exact) mass is 497 g/mol. The zero-order valence-electron chi connectivity index (χ0n) is 19.8. The van der Waals surface area contributed by atoms with Crippen LogP contribution in [0.1, 0.15) is 62.2 Å². The molecule has 0 radical (unpaired) electrons. The number of anilines is 1. The highest BCUT2D eigenvalue weighted by Crippen LogP contribution is 2.40. The summed E-state index contributed by atoms with van der Waals surface area (Å²) in [5.74, 6) is -0.309. The van der Waals surface area contributed by atoms with Gasteiger partial charge < -0.3 is 14.4 Å². The Balaban J connectivity index is 1.65. The van der Waals surface area contributed by atoms with Crippen LogP contribution in [-0.2, 0) is 22.4 Å². The van der Waals surface area contributed by atoms with E-state index in [0.29, 0.717) is 24.4 Å². The van der Waals surface area contributed by atoms with E-state index < -0.39 is 5.97 Å². The van der Waals surface area contributed by atoms with E-state index in [9.17, 15) is 14.7 Å². The molecule has 1 saturated carbocycles. The number of carboxylic acid groups (broad SMARTS) is 1. The number of carboxylic acids is 1. The molecule has 9 nitrogen and oxygen atoms in total. The lowest BCUT2D eigenvalue weighted by Gasteiger charge is -2.34. The predicted octanol–water partition coefficient (Wildman–Crippen LogP) is 4.79. The van der Waals surface area contributed by atoms with Crippen LogP contribution in [0.4, 0.5) is 10.5 Å². The minimum absolute atomic E-state index is 0.0161. The van der Waals surface area contributed by atoms with Gasteiger partial charge in [0.2, 0.25) is 0 Å². The Morgan fingerprint density at radius 2 is 2.03 bits per heavy atom. The number of aromatic nitrogens is 4. The fourth-order valence-corrected chi connectivity index (χ4v) is 5.67. The fraction of sp³-hybridized carbons (Fsp3) is 0.480. The van der Waals surface area contributed by atoms with E-state index in [4.69, 9.17) is 21.3 Å². The van der Waals surface area contributed by atoms with Crippen LogP contribution < -0.4 is 4.90 Å². The molecule has 1 fully saturated rings. The van der Waals surface area contributed by atoms with Gasteiger partial charge in [-0.1, -0.05) is 18.0 Å². The number of imidazole rings is 1. The number of amides is 1. The average Bonchev–Trinajstić information content (AvgIpc) is 3.23. The first kappa shape index (κ1) is 23.5. The minimum atomic E-state index is -0.746. The molecule has 1 N–H and O–H groups in total. The molecule has 3 aromatic rings. The van der Waals surface area contributed by atoms with Crippen molar-refractivity contribution in [1.29, 1.82) is 0 Å². The van der Waals surface area contributed by atoms with Gasteiger partial charge in [0.1, 0.15) is 11.0 Å². The first-order valence-corrected chi connectivity index (χ1v) is 12.3. The third-order valence-corrected chi connectivity index (χ3v) is 7.47. The lowest BCUT2D eigenvalue weighted by molar-refractivity contribution is -0.143.